The molecule has 0 aliphatic rings. The molecule has 78 valence electrons. The Hall–Kier alpha value is -0.350. The number of hydrogen-bond donors (Lipinski definition) is 1. The maximum Gasteiger partial charge on any atom is 0.158 e. The molecule has 0 aliphatic heterocycles. The molecule has 13 heavy (non-hydrogen) atoms. The first-order chi connectivity index (χ1) is 5.71. The van der Waals surface area contributed by atoms with Crippen molar-refractivity contribution in [3.63, 3.8) is 0 Å². The van der Waals surface area contributed by atoms with Gasteiger partial charge in [-0.25, -0.2) is 0 Å². The summed E-state index contributed by atoms with van der Waals surface area (Å²) in [6, 6.07) is 0. The highest BCUT2D eigenvalue weighted by atomic mass is 31.2. The SMILES string of the molecule is C[N+](C)(C)CCOC=CP(=O)([O-])O. The molecule has 0 fully saturated rings. The number of ether oxygens (including phenoxy) is 1. The predicted octanol–water partition coefficient (Wildman–Crippen LogP) is -0.274. The average Bonchev–Trinajstić information content (AvgIpc) is 1.81. The average molecular weight is 209 g/mol. The maximum atomic E-state index is 10.2. The van der Waals surface area contributed by atoms with Gasteiger partial charge in [0.2, 0.25) is 0 Å². The highest BCUT2D eigenvalue weighted by Gasteiger charge is 2.04. The van der Waals surface area contributed by atoms with E-state index in [2.05, 4.69) is 0 Å². The van der Waals surface area contributed by atoms with Crippen LogP contribution < -0.4 is 4.89 Å². The molecule has 0 rings (SSSR count). The van der Waals surface area contributed by atoms with E-state index in [-0.39, 0.29) is 0 Å². The van der Waals surface area contributed by atoms with Crippen molar-refractivity contribution in [1.82, 2.24) is 0 Å². The zero-order chi connectivity index (χ0) is 10.5. The van der Waals surface area contributed by atoms with Crippen molar-refractivity contribution in [3.8, 4) is 0 Å². The predicted molar refractivity (Wildman–Crippen MR) is 47.8 cm³/mol. The lowest BCUT2D eigenvalue weighted by molar-refractivity contribution is -0.870. The van der Waals surface area contributed by atoms with Crippen molar-refractivity contribution in [2.45, 2.75) is 0 Å². The molecule has 0 aromatic carbocycles. The van der Waals surface area contributed by atoms with Gasteiger partial charge in [-0.1, -0.05) is 0 Å². The van der Waals surface area contributed by atoms with Gasteiger partial charge >= 0.3 is 0 Å². The molecule has 0 saturated heterocycles. The summed E-state index contributed by atoms with van der Waals surface area (Å²) in [6.45, 7) is 1.18. The zero-order valence-electron chi connectivity index (χ0n) is 8.14. The number of quaternary nitrogens is 1. The van der Waals surface area contributed by atoms with E-state index in [1.165, 1.54) is 0 Å². The second kappa shape index (κ2) is 4.77. The number of nitrogens with zero attached hydrogens (tertiary/aromatic N) is 1. The molecular weight excluding hydrogens is 193 g/mol. The maximum absolute atomic E-state index is 10.2. The summed E-state index contributed by atoms with van der Waals surface area (Å²) in [5.74, 6) is 0.642. The molecule has 1 atom stereocenters. The lowest BCUT2D eigenvalue weighted by Crippen LogP contribution is -2.37. The molecule has 0 saturated carbocycles. The second-order valence-electron chi connectivity index (χ2n) is 3.73. The summed E-state index contributed by atoms with van der Waals surface area (Å²) < 4.78 is 15.8. The summed E-state index contributed by atoms with van der Waals surface area (Å²) in [5, 5.41) is 0. The lowest BCUT2D eigenvalue weighted by atomic mass is 10.5. The minimum atomic E-state index is -4.31. The number of hydrogen-bond acceptors (Lipinski definition) is 3. The van der Waals surface area contributed by atoms with E-state index in [0.29, 0.717) is 12.4 Å². The Morgan fingerprint density at radius 3 is 2.46 bits per heavy atom. The lowest BCUT2D eigenvalue weighted by Gasteiger charge is -2.23. The Labute approximate surface area is 78.4 Å². The van der Waals surface area contributed by atoms with Gasteiger partial charge in [0.05, 0.1) is 27.4 Å². The first-order valence-electron chi connectivity index (χ1n) is 3.84. The Morgan fingerprint density at radius 2 is 2.08 bits per heavy atom. The summed E-state index contributed by atoms with van der Waals surface area (Å²) in [6.07, 6.45) is 0.990. The van der Waals surface area contributed by atoms with Gasteiger partial charge in [-0.05, 0) is 0 Å². The van der Waals surface area contributed by atoms with E-state index in [1.807, 2.05) is 21.1 Å². The van der Waals surface area contributed by atoms with Gasteiger partial charge in [0, 0.05) is 5.82 Å². The van der Waals surface area contributed by atoms with Crippen LogP contribution in [0.4, 0.5) is 0 Å². The standard InChI is InChI=1S/C7H16NO4P/c1-8(2,3)4-5-12-6-7-13(9,10)11/h6-7H,4-5H2,1-3H3,(H-,9,10,11). The van der Waals surface area contributed by atoms with Crippen LogP contribution in [0.2, 0.25) is 0 Å². The van der Waals surface area contributed by atoms with Crippen LogP contribution in [0.3, 0.4) is 0 Å². The first kappa shape index (κ1) is 12.7. The Balaban J connectivity index is 3.59. The smallest absolute Gasteiger partial charge is 0.158 e. The van der Waals surface area contributed by atoms with Crippen molar-refractivity contribution in [3.05, 3.63) is 12.1 Å². The van der Waals surface area contributed by atoms with Crippen LogP contribution in [-0.2, 0) is 9.30 Å². The van der Waals surface area contributed by atoms with Crippen LogP contribution >= 0.6 is 7.60 Å². The molecule has 0 amide bonds. The van der Waals surface area contributed by atoms with Crippen molar-refractivity contribution in [1.29, 1.82) is 0 Å². The molecule has 0 radical (unpaired) electrons. The van der Waals surface area contributed by atoms with Gasteiger partial charge < -0.3 is 23.6 Å². The molecule has 0 spiro atoms. The Kier molecular flexibility index (Phi) is 4.64. The van der Waals surface area contributed by atoms with E-state index >= 15 is 0 Å². The second-order valence-corrected chi connectivity index (χ2v) is 5.16. The molecule has 6 heteroatoms. The van der Waals surface area contributed by atoms with Gasteiger partial charge in [0.25, 0.3) is 0 Å². The molecular formula is C7H16NO4P. The quantitative estimate of drug-likeness (QED) is 0.293. The molecule has 0 aromatic rings. The normalized spacial score (nSPS) is 17.3. The van der Waals surface area contributed by atoms with Crippen LogP contribution in [0, 0.1) is 0 Å². The van der Waals surface area contributed by atoms with E-state index < -0.39 is 7.60 Å². The van der Waals surface area contributed by atoms with Gasteiger partial charge in [0.1, 0.15) is 13.2 Å². The van der Waals surface area contributed by atoms with Crippen LogP contribution in [0.1, 0.15) is 0 Å². The van der Waals surface area contributed by atoms with Crippen LogP contribution in [0.25, 0.3) is 0 Å². The largest absolute Gasteiger partial charge is 0.775 e. The minimum Gasteiger partial charge on any atom is -0.775 e. The monoisotopic (exact) mass is 209 g/mol. The third kappa shape index (κ3) is 11.7. The number of likely N-dealkylation sites (N-methyl/N-ethyl adjacent to an activating group) is 1. The molecule has 0 bridgehead atoms. The highest BCUT2D eigenvalue weighted by molar-refractivity contribution is 7.53. The van der Waals surface area contributed by atoms with Gasteiger partial charge in [-0.2, -0.15) is 0 Å². The van der Waals surface area contributed by atoms with Crippen molar-refractivity contribution < 1.29 is 23.6 Å². The number of rotatable bonds is 5. The fourth-order valence-electron chi connectivity index (χ4n) is 0.515. The topological polar surface area (TPSA) is 69.6 Å². The van der Waals surface area contributed by atoms with Gasteiger partial charge in [0.15, 0.2) is 7.60 Å². The molecule has 1 N–H and O–H groups in total. The minimum absolute atomic E-state index is 0.417. The van der Waals surface area contributed by atoms with Gasteiger partial charge in [-0.15, -0.1) is 0 Å². The molecule has 1 unspecified atom stereocenters. The van der Waals surface area contributed by atoms with E-state index in [9.17, 15) is 9.46 Å². The summed E-state index contributed by atoms with van der Waals surface area (Å²) in [5.41, 5.74) is 0. The summed E-state index contributed by atoms with van der Waals surface area (Å²) >= 11 is 0. The van der Waals surface area contributed by atoms with Crippen LogP contribution in [0.15, 0.2) is 12.1 Å². The van der Waals surface area contributed by atoms with Crippen molar-refractivity contribution in [2.24, 2.45) is 0 Å². The van der Waals surface area contributed by atoms with E-state index in [4.69, 9.17) is 9.63 Å². The molecule has 0 aliphatic carbocycles. The molecule has 5 nitrogen and oxygen atoms in total. The summed E-state index contributed by atoms with van der Waals surface area (Å²) in [7, 11) is 1.69. The van der Waals surface area contributed by atoms with E-state index in [1.54, 1.807) is 0 Å². The molecule has 0 heterocycles. The van der Waals surface area contributed by atoms with Crippen molar-refractivity contribution >= 4 is 7.60 Å². The Bertz CT molecular complexity index is 215. The molecule has 0 aromatic heterocycles. The fourth-order valence-corrected chi connectivity index (χ4v) is 0.754. The third-order valence-electron chi connectivity index (χ3n) is 1.23. The zero-order valence-corrected chi connectivity index (χ0v) is 9.03. The summed E-state index contributed by atoms with van der Waals surface area (Å²) in [4.78, 5) is 18.5. The van der Waals surface area contributed by atoms with Gasteiger partial charge in [-0.3, -0.25) is 0 Å². The van der Waals surface area contributed by atoms with Crippen LogP contribution in [-0.4, -0.2) is 43.7 Å². The highest BCUT2D eigenvalue weighted by Crippen LogP contribution is 2.29. The Morgan fingerprint density at radius 1 is 1.54 bits per heavy atom. The third-order valence-corrected chi connectivity index (χ3v) is 1.72. The fraction of sp³-hybridized carbons (Fsp3) is 0.714. The van der Waals surface area contributed by atoms with E-state index in [0.717, 1.165) is 17.3 Å². The first-order valence-corrected chi connectivity index (χ1v) is 5.49. The van der Waals surface area contributed by atoms with Crippen LogP contribution in [0.5, 0.6) is 0 Å². The van der Waals surface area contributed by atoms with Crippen molar-refractivity contribution in [2.75, 3.05) is 34.3 Å².